The molecule has 1 aliphatic heterocycles. The van der Waals surface area contributed by atoms with Gasteiger partial charge in [0.2, 0.25) is 11.8 Å². The maximum atomic E-state index is 13.4. The number of primary amides is 1. The molecule has 0 saturated carbocycles. The Labute approximate surface area is 123 Å². The highest BCUT2D eigenvalue weighted by Crippen LogP contribution is 2.17. The van der Waals surface area contributed by atoms with Crippen LogP contribution in [0.5, 0.6) is 0 Å². The molecule has 114 valence electrons. The number of nitrogens with zero attached hydrogens (tertiary/aromatic N) is 1. The summed E-state index contributed by atoms with van der Waals surface area (Å²) in [6.07, 6.45) is 1.22. The molecule has 0 atom stereocenters. The van der Waals surface area contributed by atoms with Gasteiger partial charge in [-0.3, -0.25) is 9.59 Å². The predicted octanol–water partition coefficient (Wildman–Crippen LogP) is 1.27. The van der Waals surface area contributed by atoms with Gasteiger partial charge in [0.05, 0.1) is 6.54 Å². The predicted molar refractivity (Wildman–Crippen MR) is 78.1 cm³/mol. The van der Waals surface area contributed by atoms with Crippen LogP contribution in [0.3, 0.4) is 0 Å². The number of halogens is 1. The Kier molecular flexibility index (Phi) is 4.77. The maximum absolute atomic E-state index is 13.4. The molecule has 1 aromatic carbocycles. The summed E-state index contributed by atoms with van der Waals surface area (Å²) in [5.41, 5.74) is 6.41. The van der Waals surface area contributed by atoms with Gasteiger partial charge in [0.1, 0.15) is 5.82 Å². The highest BCUT2D eigenvalue weighted by atomic mass is 19.1. The van der Waals surface area contributed by atoms with Crippen molar-refractivity contribution >= 4 is 17.5 Å². The number of piperidine rings is 1. The minimum Gasteiger partial charge on any atom is -0.376 e. The summed E-state index contributed by atoms with van der Waals surface area (Å²) in [5, 5.41) is 2.92. The second-order valence-corrected chi connectivity index (χ2v) is 5.37. The molecule has 21 heavy (non-hydrogen) atoms. The number of nitrogens with one attached hydrogen (secondary N) is 1. The Morgan fingerprint density at radius 3 is 2.62 bits per heavy atom. The van der Waals surface area contributed by atoms with Crippen LogP contribution in [-0.4, -0.2) is 36.3 Å². The summed E-state index contributed by atoms with van der Waals surface area (Å²) in [4.78, 5) is 24.8. The van der Waals surface area contributed by atoms with Crippen LogP contribution in [0.15, 0.2) is 18.2 Å². The summed E-state index contributed by atoms with van der Waals surface area (Å²) in [5.74, 6) is -0.780. The molecule has 5 nitrogen and oxygen atoms in total. The van der Waals surface area contributed by atoms with E-state index in [4.69, 9.17) is 5.73 Å². The first-order valence-corrected chi connectivity index (χ1v) is 7.04. The molecule has 0 spiro atoms. The average Bonchev–Trinajstić information content (AvgIpc) is 2.48. The Bertz CT molecular complexity index is 540. The lowest BCUT2D eigenvalue weighted by molar-refractivity contribution is -0.133. The second-order valence-electron chi connectivity index (χ2n) is 5.37. The van der Waals surface area contributed by atoms with Gasteiger partial charge >= 0.3 is 0 Å². The number of amides is 2. The summed E-state index contributed by atoms with van der Waals surface area (Å²) >= 11 is 0. The molecule has 0 aromatic heterocycles. The van der Waals surface area contributed by atoms with Crippen LogP contribution in [0.1, 0.15) is 18.4 Å². The van der Waals surface area contributed by atoms with E-state index in [2.05, 4.69) is 5.32 Å². The number of anilines is 1. The fourth-order valence-electron chi connectivity index (χ4n) is 2.41. The molecule has 0 radical (unpaired) electrons. The number of hydrogen-bond acceptors (Lipinski definition) is 3. The van der Waals surface area contributed by atoms with E-state index in [1.807, 2.05) is 0 Å². The SMILES string of the molecule is Cc1ccc(NCC(=O)N2CCC(C(N)=O)CC2)cc1F. The van der Waals surface area contributed by atoms with Crippen LogP contribution >= 0.6 is 0 Å². The largest absolute Gasteiger partial charge is 0.376 e. The molecular formula is C15H20FN3O2. The highest BCUT2D eigenvalue weighted by Gasteiger charge is 2.25. The van der Waals surface area contributed by atoms with Gasteiger partial charge < -0.3 is 16.0 Å². The lowest BCUT2D eigenvalue weighted by atomic mass is 9.96. The van der Waals surface area contributed by atoms with Crippen LogP contribution < -0.4 is 11.1 Å². The molecule has 1 heterocycles. The van der Waals surface area contributed by atoms with E-state index < -0.39 is 0 Å². The zero-order valence-corrected chi connectivity index (χ0v) is 12.1. The van der Waals surface area contributed by atoms with Gasteiger partial charge in [-0.15, -0.1) is 0 Å². The van der Waals surface area contributed by atoms with E-state index in [1.165, 1.54) is 6.07 Å². The van der Waals surface area contributed by atoms with Crippen molar-refractivity contribution in [3.05, 3.63) is 29.6 Å². The molecule has 1 saturated heterocycles. The Balaban J connectivity index is 1.82. The molecular weight excluding hydrogens is 273 g/mol. The van der Waals surface area contributed by atoms with Crippen LogP contribution in [-0.2, 0) is 9.59 Å². The minimum absolute atomic E-state index is 0.0566. The number of likely N-dealkylation sites (tertiary alicyclic amines) is 1. The van der Waals surface area contributed by atoms with Gasteiger partial charge in [0, 0.05) is 24.7 Å². The van der Waals surface area contributed by atoms with Crippen molar-refractivity contribution in [3.63, 3.8) is 0 Å². The minimum atomic E-state index is -0.297. The fraction of sp³-hybridized carbons (Fsp3) is 0.467. The third-order valence-corrected chi connectivity index (χ3v) is 3.87. The third-order valence-electron chi connectivity index (χ3n) is 3.87. The number of rotatable bonds is 4. The molecule has 1 aromatic rings. The standard InChI is InChI=1S/C15H20FN3O2/c1-10-2-3-12(8-13(10)16)18-9-14(20)19-6-4-11(5-7-19)15(17)21/h2-3,8,11,18H,4-7,9H2,1H3,(H2,17,21). The molecule has 2 amide bonds. The number of carbonyl (C=O) groups excluding carboxylic acids is 2. The monoisotopic (exact) mass is 293 g/mol. The van der Waals surface area contributed by atoms with Crippen LogP contribution in [0.2, 0.25) is 0 Å². The molecule has 1 fully saturated rings. The zero-order chi connectivity index (χ0) is 15.4. The van der Waals surface area contributed by atoms with Gasteiger partial charge in [-0.05, 0) is 37.5 Å². The van der Waals surface area contributed by atoms with E-state index in [0.717, 1.165) is 0 Å². The first-order valence-electron chi connectivity index (χ1n) is 7.04. The molecule has 0 unspecified atom stereocenters. The Morgan fingerprint density at radius 2 is 2.05 bits per heavy atom. The van der Waals surface area contributed by atoms with Crippen molar-refractivity contribution in [2.45, 2.75) is 19.8 Å². The van der Waals surface area contributed by atoms with Crippen LogP contribution in [0.4, 0.5) is 10.1 Å². The quantitative estimate of drug-likeness (QED) is 0.878. The van der Waals surface area contributed by atoms with Crippen molar-refractivity contribution in [1.82, 2.24) is 4.90 Å². The van der Waals surface area contributed by atoms with Gasteiger partial charge in [0.25, 0.3) is 0 Å². The first-order chi connectivity index (χ1) is 9.97. The normalized spacial score (nSPS) is 15.8. The molecule has 0 aliphatic carbocycles. The van der Waals surface area contributed by atoms with Gasteiger partial charge in [-0.2, -0.15) is 0 Å². The van der Waals surface area contributed by atoms with E-state index in [-0.39, 0.29) is 30.1 Å². The summed E-state index contributed by atoms with van der Waals surface area (Å²) in [6.45, 7) is 2.88. The van der Waals surface area contributed by atoms with Crippen LogP contribution in [0.25, 0.3) is 0 Å². The molecule has 0 bridgehead atoms. The highest BCUT2D eigenvalue weighted by molar-refractivity contribution is 5.81. The fourth-order valence-corrected chi connectivity index (χ4v) is 2.41. The number of benzene rings is 1. The van der Waals surface area contributed by atoms with Crippen molar-refractivity contribution < 1.29 is 14.0 Å². The van der Waals surface area contributed by atoms with Crippen LogP contribution in [0, 0.1) is 18.7 Å². The number of hydrogen-bond donors (Lipinski definition) is 2. The third kappa shape index (κ3) is 3.93. The van der Waals surface area contributed by atoms with E-state index in [9.17, 15) is 14.0 Å². The molecule has 2 rings (SSSR count). The lowest BCUT2D eigenvalue weighted by Gasteiger charge is -2.30. The molecule has 6 heteroatoms. The van der Waals surface area contributed by atoms with Crippen molar-refractivity contribution in [2.75, 3.05) is 25.0 Å². The van der Waals surface area contributed by atoms with E-state index in [1.54, 1.807) is 24.0 Å². The topological polar surface area (TPSA) is 75.4 Å². The Morgan fingerprint density at radius 1 is 1.38 bits per heavy atom. The number of aryl methyl sites for hydroxylation is 1. The Hall–Kier alpha value is -2.11. The summed E-state index contributed by atoms with van der Waals surface area (Å²) in [6, 6.07) is 4.79. The summed E-state index contributed by atoms with van der Waals surface area (Å²) in [7, 11) is 0. The zero-order valence-electron chi connectivity index (χ0n) is 12.1. The summed E-state index contributed by atoms with van der Waals surface area (Å²) < 4.78 is 13.4. The first kappa shape index (κ1) is 15.3. The van der Waals surface area contributed by atoms with Gasteiger partial charge in [-0.1, -0.05) is 6.07 Å². The molecule has 3 N–H and O–H groups in total. The smallest absolute Gasteiger partial charge is 0.241 e. The van der Waals surface area contributed by atoms with Gasteiger partial charge in [-0.25, -0.2) is 4.39 Å². The van der Waals surface area contributed by atoms with E-state index in [0.29, 0.717) is 37.2 Å². The maximum Gasteiger partial charge on any atom is 0.241 e. The van der Waals surface area contributed by atoms with Crippen molar-refractivity contribution in [3.8, 4) is 0 Å². The number of nitrogens with two attached hydrogens (primary N) is 1. The lowest BCUT2D eigenvalue weighted by Crippen LogP contribution is -2.43. The second kappa shape index (κ2) is 6.56. The number of carbonyl (C=O) groups is 2. The molecule has 1 aliphatic rings. The average molecular weight is 293 g/mol. The van der Waals surface area contributed by atoms with Gasteiger partial charge in [0.15, 0.2) is 0 Å². The van der Waals surface area contributed by atoms with Crippen molar-refractivity contribution in [1.29, 1.82) is 0 Å². The van der Waals surface area contributed by atoms with Crippen molar-refractivity contribution in [2.24, 2.45) is 11.7 Å². The van der Waals surface area contributed by atoms with E-state index >= 15 is 0 Å².